The van der Waals surface area contributed by atoms with Crippen LogP contribution in [0.25, 0.3) is 0 Å². The van der Waals surface area contributed by atoms with Crippen molar-refractivity contribution in [2.24, 2.45) is 17.8 Å². The average molecular weight is 341 g/mol. The lowest BCUT2D eigenvalue weighted by molar-refractivity contribution is 0.174. The van der Waals surface area contributed by atoms with E-state index in [1.807, 2.05) is 12.4 Å². The minimum absolute atomic E-state index is 0.131. The van der Waals surface area contributed by atoms with Crippen LogP contribution in [0.5, 0.6) is 0 Å². The summed E-state index contributed by atoms with van der Waals surface area (Å²) in [6.45, 7) is 1.71. The molecule has 1 aromatic rings. The molecule has 2 amide bonds. The summed E-state index contributed by atoms with van der Waals surface area (Å²) in [5.41, 5.74) is 1.22. The van der Waals surface area contributed by atoms with Crippen LogP contribution < -0.4 is 5.32 Å². The van der Waals surface area contributed by atoms with Gasteiger partial charge in [-0.2, -0.15) is 0 Å². The van der Waals surface area contributed by atoms with Crippen molar-refractivity contribution in [2.75, 3.05) is 13.1 Å². The highest BCUT2D eigenvalue weighted by molar-refractivity contribution is 5.74. The molecule has 25 heavy (non-hydrogen) atoms. The van der Waals surface area contributed by atoms with Gasteiger partial charge in [-0.25, -0.2) is 4.79 Å². The summed E-state index contributed by atoms with van der Waals surface area (Å²) < 4.78 is 0. The number of urea groups is 1. The molecule has 2 saturated carbocycles. The molecule has 2 heterocycles. The molecule has 2 aliphatic carbocycles. The van der Waals surface area contributed by atoms with E-state index in [1.165, 1.54) is 50.5 Å². The third-order valence-electron chi connectivity index (χ3n) is 6.78. The Morgan fingerprint density at radius 2 is 2.00 bits per heavy atom. The topological polar surface area (TPSA) is 45.2 Å². The molecular formula is C21H31N3O. The van der Waals surface area contributed by atoms with E-state index in [-0.39, 0.29) is 12.1 Å². The lowest BCUT2D eigenvalue weighted by atomic mass is 9.86. The van der Waals surface area contributed by atoms with Crippen molar-refractivity contribution in [1.29, 1.82) is 0 Å². The van der Waals surface area contributed by atoms with E-state index in [0.717, 1.165) is 43.7 Å². The van der Waals surface area contributed by atoms with Gasteiger partial charge in [0.1, 0.15) is 0 Å². The van der Waals surface area contributed by atoms with Gasteiger partial charge in [-0.05, 0) is 74.0 Å². The SMILES string of the molecule is O=C(NCC[C@H]1C[C@H]2CC[C@H]1C2)N1CCCCC[C@@H]1c1ccncc1. The summed E-state index contributed by atoms with van der Waals surface area (Å²) in [4.78, 5) is 19.1. The van der Waals surface area contributed by atoms with Gasteiger partial charge in [0.15, 0.2) is 0 Å². The quantitative estimate of drug-likeness (QED) is 0.874. The molecule has 3 fully saturated rings. The van der Waals surface area contributed by atoms with Crippen LogP contribution in [0, 0.1) is 17.8 Å². The summed E-state index contributed by atoms with van der Waals surface area (Å²) in [7, 11) is 0. The van der Waals surface area contributed by atoms with E-state index in [9.17, 15) is 4.79 Å². The van der Waals surface area contributed by atoms with Crippen molar-refractivity contribution in [2.45, 2.75) is 63.8 Å². The summed E-state index contributed by atoms with van der Waals surface area (Å²) in [5.74, 6) is 2.80. The van der Waals surface area contributed by atoms with Gasteiger partial charge >= 0.3 is 6.03 Å². The zero-order chi connectivity index (χ0) is 17.1. The second-order valence-corrected chi connectivity index (χ2v) is 8.29. The number of pyridine rings is 1. The molecule has 0 unspecified atom stereocenters. The Bertz CT molecular complexity index is 576. The van der Waals surface area contributed by atoms with E-state index in [2.05, 4.69) is 27.3 Å². The number of carbonyl (C=O) groups excluding carboxylic acids is 1. The number of nitrogens with zero attached hydrogens (tertiary/aromatic N) is 2. The van der Waals surface area contributed by atoms with E-state index < -0.39 is 0 Å². The van der Waals surface area contributed by atoms with Gasteiger partial charge in [0, 0.05) is 25.5 Å². The molecule has 1 aromatic heterocycles. The maximum Gasteiger partial charge on any atom is 0.317 e. The number of fused-ring (bicyclic) bond motifs is 2. The normalized spacial score (nSPS) is 31.8. The fourth-order valence-corrected chi connectivity index (χ4v) is 5.48. The maximum absolute atomic E-state index is 12.9. The van der Waals surface area contributed by atoms with Gasteiger partial charge in [-0.15, -0.1) is 0 Å². The monoisotopic (exact) mass is 341 g/mol. The summed E-state index contributed by atoms with van der Waals surface area (Å²) >= 11 is 0. The largest absolute Gasteiger partial charge is 0.338 e. The average Bonchev–Trinajstić information content (AvgIpc) is 3.17. The molecule has 4 heteroatoms. The Balaban J connectivity index is 1.33. The summed E-state index contributed by atoms with van der Waals surface area (Å²) in [5, 5.41) is 3.24. The number of carbonyl (C=O) groups is 1. The number of likely N-dealkylation sites (tertiary alicyclic amines) is 1. The van der Waals surface area contributed by atoms with Gasteiger partial charge in [-0.1, -0.05) is 19.3 Å². The molecule has 3 aliphatic rings. The first-order chi connectivity index (χ1) is 12.3. The Morgan fingerprint density at radius 3 is 2.76 bits per heavy atom. The second-order valence-electron chi connectivity index (χ2n) is 8.29. The van der Waals surface area contributed by atoms with Crippen molar-refractivity contribution in [3.8, 4) is 0 Å². The van der Waals surface area contributed by atoms with Crippen LogP contribution in [0.3, 0.4) is 0 Å². The van der Waals surface area contributed by atoms with Gasteiger partial charge in [0.05, 0.1) is 6.04 Å². The van der Waals surface area contributed by atoms with Gasteiger partial charge in [0.25, 0.3) is 0 Å². The standard InChI is InChI=1S/C21H31N3O/c25-21(23-12-9-19-15-16-5-6-18(19)14-16)24-13-3-1-2-4-20(24)17-7-10-22-11-8-17/h7-8,10-11,16,18-20H,1-6,9,12-15H2,(H,23,25)/t16-,18-,19-,20+/m0/s1. The van der Waals surface area contributed by atoms with Crippen LogP contribution in [0.2, 0.25) is 0 Å². The first-order valence-electron chi connectivity index (χ1n) is 10.3. The van der Waals surface area contributed by atoms with Crippen LogP contribution in [0.4, 0.5) is 4.79 Å². The van der Waals surface area contributed by atoms with Crippen molar-refractivity contribution < 1.29 is 4.79 Å². The van der Waals surface area contributed by atoms with Gasteiger partial charge in [0.2, 0.25) is 0 Å². The van der Waals surface area contributed by atoms with Crippen molar-refractivity contribution in [3.05, 3.63) is 30.1 Å². The number of hydrogen-bond acceptors (Lipinski definition) is 2. The van der Waals surface area contributed by atoms with Crippen LogP contribution in [-0.2, 0) is 0 Å². The first kappa shape index (κ1) is 16.9. The smallest absolute Gasteiger partial charge is 0.317 e. The third-order valence-corrected chi connectivity index (χ3v) is 6.78. The van der Waals surface area contributed by atoms with E-state index in [1.54, 1.807) is 0 Å². The summed E-state index contributed by atoms with van der Waals surface area (Å²) in [6.07, 6.45) is 15.2. The van der Waals surface area contributed by atoms with Crippen molar-refractivity contribution in [1.82, 2.24) is 15.2 Å². The van der Waals surface area contributed by atoms with Gasteiger partial charge in [-0.3, -0.25) is 4.98 Å². The fourth-order valence-electron chi connectivity index (χ4n) is 5.48. The van der Waals surface area contributed by atoms with Crippen LogP contribution in [0.15, 0.2) is 24.5 Å². The lowest BCUT2D eigenvalue weighted by Crippen LogP contribution is -2.43. The molecular weight excluding hydrogens is 310 g/mol. The highest BCUT2D eigenvalue weighted by Crippen LogP contribution is 2.49. The molecule has 0 spiro atoms. The van der Waals surface area contributed by atoms with E-state index >= 15 is 0 Å². The molecule has 0 aromatic carbocycles. The van der Waals surface area contributed by atoms with Crippen molar-refractivity contribution >= 4 is 6.03 Å². The zero-order valence-corrected chi connectivity index (χ0v) is 15.2. The number of aromatic nitrogens is 1. The third kappa shape index (κ3) is 3.83. The Labute approximate surface area is 151 Å². The molecule has 1 saturated heterocycles. The Morgan fingerprint density at radius 1 is 1.12 bits per heavy atom. The number of hydrogen-bond donors (Lipinski definition) is 1. The molecule has 4 nitrogen and oxygen atoms in total. The predicted molar refractivity (Wildman–Crippen MR) is 99.1 cm³/mol. The molecule has 4 atom stereocenters. The highest BCUT2D eigenvalue weighted by atomic mass is 16.2. The van der Waals surface area contributed by atoms with E-state index in [4.69, 9.17) is 0 Å². The summed E-state index contributed by atoms with van der Waals surface area (Å²) in [6, 6.07) is 4.46. The predicted octanol–water partition coefficient (Wildman–Crippen LogP) is 4.53. The molecule has 2 bridgehead atoms. The molecule has 1 N–H and O–H groups in total. The Kier molecular flexibility index (Phi) is 5.23. The molecule has 0 radical (unpaired) electrons. The van der Waals surface area contributed by atoms with E-state index in [0.29, 0.717) is 0 Å². The minimum atomic E-state index is 0.131. The Hall–Kier alpha value is -1.58. The minimum Gasteiger partial charge on any atom is -0.338 e. The van der Waals surface area contributed by atoms with Crippen LogP contribution >= 0.6 is 0 Å². The molecule has 1 aliphatic heterocycles. The second kappa shape index (κ2) is 7.76. The first-order valence-corrected chi connectivity index (χ1v) is 10.3. The van der Waals surface area contributed by atoms with Crippen LogP contribution in [-0.4, -0.2) is 29.0 Å². The van der Waals surface area contributed by atoms with Crippen molar-refractivity contribution in [3.63, 3.8) is 0 Å². The number of rotatable bonds is 4. The van der Waals surface area contributed by atoms with Gasteiger partial charge < -0.3 is 10.2 Å². The highest BCUT2D eigenvalue weighted by Gasteiger charge is 2.39. The van der Waals surface area contributed by atoms with Crippen LogP contribution in [0.1, 0.15) is 69.4 Å². The lowest BCUT2D eigenvalue weighted by Gasteiger charge is -2.31. The zero-order valence-electron chi connectivity index (χ0n) is 15.2. The fraction of sp³-hybridized carbons (Fsp3) is 0.714. The molecule has 4 rings (SSSR count). The maximum atomic E-state index is 12.9. The number of amides is 2. The number of nitrogens with one attached hydrogen (secondary N) is 1. The molecule has 136 valence electrons.